The van der Waals surface area contributed by atoms with E-state index in [1.165, 1.54) is 24.3 Å². The third-order valence-corrected chi connectivity index (χ3v) is 5.72. The van der Waals surface area contributed by atoms with E-state index in [0.717, 1.165) is 5.56 Å². The molecule has 0 unspecified atom stereocenters. The predicted molar refractivity (Wildman–Crippen MR) is 111 cm³/mol. The van der Waals surface area contributed by atoms with Crippen LogP contribution in [-0.2, 0) is 16.6 Å². The summed E-state index contributed by atoms with van der Waals surface area (Å²) in [6, 6.07) is 19.3. The second-order valence-corrected chi connectivity index (χ2v) is 8.51. The molecule has 0 radical (unpaired) electrons. The average Bonchev–Trinajstić information content (AvgIpc) is 2.67. The SMILES string of the molecule is O=C(NCc1ccc(Cl)cc1)c1cccc(S(=O)(=O)Nc2cccc(Cl)c2)c1. The predicted octanol–water partition coefficient (Wildman–Crippen LogP) is 4.72. The van der Waals surface area contributed by atoms with E-state index >= 15 is 0 Å². The number of carbonyl (C=O) groups is 1. The highest BCUT2D eigenvalue weighted by atomic mass is 35.5. The molecule has 0 bridgehead atoms. The molecule has 1 amide bonds. The second-order valence-electron chi connectivity index (χ2n) is 5.95. The molecular formula is C20H16Cl2N2O3S. The van der Waals surface area contributed by atoms with Crippen molar-refractivity contribution in [3.8, 4) is 0 Å². The number of hydrogen-bond donors (Lipinski definition) is 2. The van der Waals surface area contributed by atoms with Crippen LogP contribution in [0.15, 0.2) is 77.7 Å². The summed E-state index contributed by atoms with van der Waals surface area (Å²) in [6.45, 7) is 0.299. The number of nitrogens with one attached hydrogen (secondary N) is 2. The minimum absolute atomic E-state index is 0.0216. The molecule has 0 aromatic heterocycles. The largest absolute Gasteiger partial charge is 0.348 e. The van der Waals surface area contributed by atoms with Crippen LogP contribution >= 0.6 is 23.2 Å². The summed E-state index contributed by atoms with van der Waals surface area (Å²) in [7, 11) is -3.86. The molecule has 0 aliphatic heterocycles. The maximum Gasteiger partial charge on any atom is 0.261 e. The van der Waals surface area contributed by atoms with Crippen molar-refractivity contribution in [1.82, 2.24) is 5.32 Å². The molecule has 0 heterocycles. The molecule has 3 rings (SSSR count). The summed E-state index contributed by atoms with van der Waals surface area (Å²) in [4.78, 5) is 12.4. The van der Waals surface area contributed by atoms with Gasteiger partial charge in [0.15, 0.2) is 0 Å². The third-order valence-electron chi connectivity index (χ3n) is 3.85. The van der Waals surface area contributed by atoms with Crippen molar-refractivity contribution in [2.75, 3.05) is 4.72 Å². The molecule has 8 heteroatoms. The van der Waals surface area contributed by atoms with Crippen molar-refractivity contribution < 1.29 is 13.2 Å². The Labute approximate surface area is 173 Å². The molecule has 144 valence electrons. The van der Waals surface area contributed by atoms with Crippen LogP contribution in [0.2, 0.25) is 10.0 Å². The Morgan fingerprint density at radius 3 is 2.29 bits per heavy atom. The molecule has 0 saturated carbocycles. The lowest BCUT2D eigenvalue weighted by Gasteiger charge is -2.10. The van der Waals surface area contributed by atoms with Crippen LogP contribution in [-0.4, -0.2) is 14.3 Å². The first-order chi connectivity index (χ1) is 13.3. The number of benzene rings is 3. The fourth-order valence-corrected chi connectivity index (χ4v) is 3.87. The smallest absolute Gasteiger partial charge is 0.261 e. The van der Waals surface area contributed by atoms with Crippen molar-refractivity contribution in [1.29, 1.82) is 0 Å². The molecule has 2 N–H and O–H groups in total. The van der Waals surface area contributed by atoms with Gasteiger partial charge in [0.1, 0.15) is 0 Å². The van der Waals surface area contributed by atoms with Gasteiger partial charge >= 0.3 is 0 Å². The summed E-state index contributed by atoms with van der Waals surface area (Å²) in [5, 5.41) is 3.78. The first-order valence-electron chi connectivity index (χ1n) is 8.24. The van der Waals surface area contributed by atoms with E-state index in [-0.39, 0.29) is 16.4 Å². The van der Waals surface area contributed by atoms with Crippen LogP contribution < -0.4 is 10.0 Å². The van der Waals surface area contributed by atoms with Crippen LogP contribution in [0.25, 0.3) is 0 Å². The maximum atomic E-state index is 12.6. The van der Waals surface area contributed by atoms with E-state index in [2.05, 4.69) is 10.0 Å². The summed E-state index contributed by atoms with van der Waals surface area (Å²) >= 11 is 11.7. The van der Waals surface area contributed by atoms with E-state index in [4.69, 9.17) is 23.2 Å². The van der Waals surface area contributed by atoms with Crippen LogP contribution in [0.1, 0.15) is 15.9 Å². The molecule has 0 spiro atoms. The average molecular weight is 435 g/mol. The minimum atomic E-state index is -3.86. The molecule has 3 aromatic carbocycles. The fraction of sp³-hybridized carbons (Fsp3) is 0.0500. The number of halogens is 2. The van der Waals surface area contributed by atoms with E-state index in [9.17, 15) is 13.2 Å². The topological polar surface area (TPSA) is 75.3 Å². The number of rotatable bonds is 6. The van der Waals surface area contributed by atoms with Gasteiger partial charge in [-0.3, -0.25) is 9.52 Å². The molecular weight excluding hydrogens is 419 g/mol. The number of anilines is 1. The maximum absolute atomic E-state index is 12.6. The molecule has 0 aliphatic carbocycles. The highest BCUT2D eigenvalue weighted by Gasteiger charge is 2.16. The zero-order chi connectivity index (χ0) is 20.1. The Bertz CT molecular complexity index is 1100. The van der Waals surface area contributed by atoms with Crippen molar-refractivity contribution >= 4 is 44.8 Å². The number of carbonyl (C=O) groups excluding carboxylic acids is 1. The molecule has 28 heavy (non-hydrogen) atoms. The standard InChI is InChI=1S/C20H16Cl2N2O3S/c21-16-9-7-14(8-10-16)13-23-20(25)15-3-1-6-19(11-15)28(26,27)24-18-5-2-4-17(22)12-18/h1-12,24H,13H2,(H,23,25). The zero-order valence-electron chi connectivity index (χ0n) is 14.5. The minimum Gasteiger partial charge on any atom is -0.348 e. The highest BCUT2D eigenvalue weighted by Crippen LogP contribution is 2.20. The van der Waals surface area contributed by atoms with Crippen LogP contribution in [0.3, 0.4) is 0 Å². The summed E-state index contributed by atoms with van der Waals surface area (Å²) in [5.74, 6) is -0.380. The molecule has 3 aromatic rings. The van der Waals surface area contributed by atoms with Gasteiger partial charge in [0, 0.05) is 22.2 Å². The molecule has 0 aliphatic rings. The van der Waals surface area contributed by atoms with Crippen molar-refractivity contribution in [2.24, 2.45) is 0 Å². The number of hydrogen-bond acceptors (Lipinski definition) is 3. The van der Waals surface area contributed by atoms with Crippen LogP contribution in [0, 0.1) is 0 Å². The van der Waals surface area contributed by atoms with Gasteiger partial charge in [-0.2, -0.15) is 0 Å². The lowest BCUT2D eigenvalue weighted by Crippen LogP contribution is -2.23. The van der Waals surface area contributed by atoms with E-state index in [1.54, 1.807) is 48.5 Å². The Kier molecular flexibility index (Phi) is 6.24. The number of sulfonamides is 1. The Hall–Kier alpha value is -2.54. The van der Waals surface area contributed by atoms with Gasteiger partial charge in [0.25, 0.3) is 15.9 Å². The van der Waals surface area contributed by atoms with Crippen molar-refractivity contribution in [3.63, 3.8) is 0 Å². The lowest BCUT2D eigenvalue weighted by molar-refractivity contribution is 0.0950. The zero-order valence-corrected chi connectivity index (χ0v) is 16.9. The van der Waals surface area contributed by atoms with Gasteiger partial charge < -0.3 is 5.32 Å². The number of amides is 1. The van der Waals surface area contributed by atoms with E-state index < -0.39 is 10.0 Å². The summed E-state index contributed by atoms with van der Waals surface area (Å²) < 4.78 is 27.6. The van der Waals surface area contributed by atoms with Gasteiger partial charge in [0.05, 0.1) is 10.6 Å². The monoisotopic (exact) mass is 434 g/mol. The first kappa shape index (κ1) is 20.2. The molecule has 0 atom stereocenters. The second kappa shape index (κ2) is 8.65. The van der Waals surface area contributed by atoms with E-state index in [0.29, 0.717) is 22.3 Å². The quantitative estimate of drug-likeness (QED) is 0.588. The van der Waals surface area contributed by atoms with Crippen LogP contribution in [0.5, 0.6) is 0 Å². The molecule has 5 nitrogen and oxygen atoms in total. The highest BCUT2D eigenvalue weighted by molar-refractivity contribution is 7.92. The summed E-state index contributed by atoms with van der Waals surface area (Å²) in [6.07, 6.45) is 0. The molecule has 0 fully saturated rings. The third kappa shape index (κ3) is 5.25. The van der Waals surface area contributed by atoms with Gasteiger partial charge in [0.2, 0.25) is 0 Å². The molecule has 0 saturated heterocycles. The Morgan fingerprint density at radius 2 is 1.57 bits per heavy atom. The Balaban J connectivity index is 1.73. The Morgan fingerprint density at radius 1 is 0.857 bits per heavy atom. The first-order valence-corrected chi connectivity index (χ1v) is 10.5. The van der Waals surface area contributed by atoms with E-state index in [1.807, 2.05) is 0 Å². The lowest BCUT2D eigenvalue weighted by atomic mass is 10.2. The van der Waals surface area contributed by atoms with Crippen molar-refractivity contribution in [2.45, 2.75) is 11.4 Å². The van der Waals surface area contributed by atoms with Gasteiger partial charge in [-0.05, 0) is 54.1 Å². The van der Waals surface area contributed by atoms with Gasteiger partial charge in [-0.25, -0.2) is 8.42 Å². The van der Waals surface area contributed by atoms with Crippen LogP contribution in [0.4, 0.5) is 5.69 Å². The fourth-order valence-electron chi connectivity index (χ4n) is 2.46. The normalized spacial score (nSPS) is 11.1. The summed E-state index contributed by atoms with van der Waals surface area (Å²) in [5.41, 5.74) is 1.46. The van der Waals surface area contributed by atoms with Gasteiger partial charge in [-0.1, -0.05) is 47.5 Å². The van der Waals surface area contributed by atoms with Crippen molar-refractivity contribution in [3.05, 3.63) is 94.0 Å². The van der Waals surface area contributed by atoms with Gasteiger partial charge in [-0.15, -0.1) is 0 Å².